The summed E-state index contributed by atoms with van der Waals surface area (Å²) in [5.74, 6) is 1.69. The van der Waals surface area contributed by atoms with Gasteiger partial charge in [-0.15, -0.1) is 0 Å². The highest BCUT2D eigenvalue weighted by atomic mass is 16.5. The summed E-state index contributed by atoms with van der Waals surface area (Å²) >= 11 is 0. The number of methoxy groups -OCH3 is 1. The van der Waals surface area contributed by atoms with E-state index < -0.39 is 0 Å². The predicted molar refractivity (Wildman–Crippen MR) is 90.5 cm³/mol. The van der Waals surface area contributed by atoms with Gasteiger partial charge in [-0.3, -0.25) is 4.79 Å². The highest BCUT2D eigenvalue weighted by Gasteiger charge is 2.37. The monoisotopic (exact) mass is 329 g/mol. The first kappa shape index (κ1) is 15.5. The van der Waals surface area contributed by atoms with E-state index in [1.54, 1.807) is 7.11 Å². The third-order valence-electron chi connectivity index (χ3n) is 5.06. The van der Waals surface area contributed by atoms with E-state index >= 15 is 0 Å². The predicted octanol–water partition coefficient (Wildman–Crippen LogP) is 3.39. The fourth-order valence-corrected chi connectivity index (χ4v) is 3.45. The minimum Gasteiger partial charge on any atom is -0.497 e. The number of nitrogens with zero attached hydrogens (tertiary/aromatic N) is 1. The first-order valence-corrected chi connectivity index (χ1v) is 8.63. The summed E-state index contributed by atoms with van der Waals surface area (Å²) in [5.41, 5.74) is 1.62. The molecule has 128 valence electrons. The molecule has 1 aromatic heterocycles. The zero-order valence-electron chi connectivity index (χ0n) is 14.2. The summed E-state index contributed by atoms with van der Waals surface area (Å²) in [7, 11) is 1.64. The maximum atomic E-state index is 13.1. The number of carbonyl (C=O) groups excluding carboxylic acids is 1. The Balaban J connectivity index is 1.64. The van der Waals surface area contributed by atoms with Crippen molar-refractivity contribution in [3.63, 3.8) is 0 Å². The van der Waals surface area contributed by atoms with Crippen LogP contribution in [0.2, 0.25) is 0 Å². The third kappa shape index (κ3) is 2.77. The second kappa shape index (κ2) is 6.13. The van der Waals surface area contributed by atoms with Crippen LogP contribution in [0.5, 0.6) is 5.75 Å². The number of hydrogen-bond acceptors (Lipinski definition) is 4. The van der Waals surface area contributed by atoms with Gasteiger partial charge in [0, 0.05) is 36.1 Å². The first-order valence-electron chi connectivity index (χ1n) is 8.63. The van der Waals surface area contributed by atoms with Gasteiger partial charge < -0.3 is 18.8 Å². The molecule has 1 aromatic carbocycles. The number of hydrogen-bond donors (Lipinski definition) is 0. The summed E-state index contributed by atoms with van der Waals surface area (Å²) in [6.45, 7) is 4.28. The topological polar surface area (TPSA) is 51.9 Å². The van der Waals surface area contributed by atoms with Crippen LogP contribution in [0.1, 0.15) is 35.4 Å². The number of benzene rings is 1. The lowest BCUT2D eigenvalue weighted by Gasteiger charge is -2.24. The maximum Gasteiger partial charge on any atom is 0.290 e. The molecule has 0 radical (unpaired) electrons. The van der Waals surface area contributed by atoms with Gasteiger partial charge >= 0.3 is 0 Å². The maximum absolute atomic E-state index is 13.1. The Morgan fingerprint density at radius 1 is 1.33 bits per heavy atom. The van der Waals surface area contributed by atoms with Gasteiger partial charge in [-0.25, -0.2) is 0 Å². The summed E-state index contributed by atoms with van der Waals surface area (Å²) in [5, 5.41) is 0.942. The number of furan rings is 1. The molecule has 2 aliphatic rings. The van der Waals surface area contributed by atoms with Crippen LogP contribution in [0.15, 0.2) is 22.6 Å². The van der Waals surface area contributed by atoms with Crippen molar-refractivity contribution in [3.8, 4) is 5.75 Å². The van der Waals surface area contributed by atoms with Crippen molar-refractivity contribution in [2.45, 2.75) is 32.2 Å². The van der Waals surface area contributed by atoms with E-state index in [9.17, 15) is 4.79 Å². The average Bonchev–Trinajstić information content (AvgIpc) is 3.21. The number of fused-ring (bicyclic) bond motifs is 1. The SMILES string of the molecule is COc1ccc2oc(C(=O)N(CC3CCOC3)C3CC3)c(C)c2c1. The van der Waals surface area contributed by atoms with E-state index in [4.69, 9.17) is 13.9 Å². The Hall–Kier alpha value is -2.01. The molecule has 5 heteroatoms. The molecule has 1 saturated carbocycles. The quantitative estimate of drug-likeness (QED) is 0.844. The van der Waals surface area contributed by atoms with Crippen molar-refractivity contribution in [1.82, 2.24) is 4.90 Å². The van der Waals surface area contributed by atoms with Crippen LogP contribution < -0.4 is 4.74 Å². The highest BCUT2D eigenvalue weighted by Crippen LogP contribution is 2.34. The highest BCUT2D eigenvalue weighted by molar-refractivity contribution is 5.99. The molecule has 2 fully saturated rings. The molecule has 1 atom stereocenters. The van der Waals surface area contributed by atoms with Crippen LogP contribution >= 0.6 is 0 Å². The van der Waals surface area contributed by atoms with E-state index in [-0.39, 0.29) is 5.91 Å². The standard InChI is InChI=1S/C19H23NO4/c1-12-16-9-15(22-2)5-6-17(16)24-18(12)19(21)20(14-3-4-14)10-13-7-8-23-11-13/h5-6,9,13-14H,3-4,7-8,10-11H2,1-2H3. The van der Waals surface area contributed by atoms with Crippen LogP contribution in [0.3, 0.4) is 0 Å². The zero-order valence-corrected chi connectivity index (χ0v) is 14.2. The minimum absolute atomic E-state index is 0.0112. The first-order chi connectivity index (χ1) is 11.7. The fraction of sp³-hybridized carbons (Fsp3) is 0.526. The third-order valence-corrected chi connectivity index (χ3v) is 5.06. The Bertz CT molecular complexity index is 756. The summed E-state index contributed by atoms with van der Waals surface area (Å²) in [6.07, 6.45) is 3.21. The Morgan fingerprint density at radius 3 is 2.83 bits per heavy atom. The molecular weight excluding hydrogens is 306 g/mol. The molecule has 0 spiro atoms. The summed E-state index contributed by atoms with van der Waals surface area (Å²) < 4.78 is 16.7. The molecule has 5 nitrogen and oxygen atoms in total. The van der Waals surface area contributed by atoms with E-state index in [0.717, 1.165) is 61.3 Å². The van der Waals surface area contributed by atoms with Crippen molar-refractivity contribution < 1.29 is 18.7 Å². The molecule has 1 saturated heterocycles. The number of carbonyl (C=O) groups is 1. The van der Waals surface area contributed by atoms with Gasteiger partial charge in [0.1, 0.15) is 11.3 Å². The molecule has 2 aromatic rings. The minimum atomic E-state index is 0.0112. The number of amides is 1. The van der Waals surface area contributed by atoms with Crippen molar-refractivity contribution in [3.05, 3.63) is 29.5 Å². The average molecular weight is 329 g/mol. The molecule has 4 rings (SSSR count). The Labute approximate surface area is 141 Å². The molecule has 1 aliphatic carbocycles. The lowest BCUT2D eigenvalue weighted by Crippen LogP contribution is -2.37. The second-order valence-corrected chi connectivity index (χ2v) is 6.84. The molecular formula is C19H23NO4. The molecule has 1 amide bonds. The summed E-state index contributed by atoms with van der Waals surface area (Å²) in [4.78, 5) is 15.1. The largest absolute Gasteiger partial charge is 0.497 e. The Kier molecular flexibility index (Phi) is 3.96. The van der Waals surface area contributed by atoms with Gasteiger partial charge in [0.25, 0.3) is 5.91 Å². The molecule has 0 bridgehead atoms. The zero-order chi connectivity index (χ0) is 16.7. The lowest BCUT2D eigenvalue weighted by molar-refractivity contribution is 0.0675. The molecule has 24 heavy (non-hydrogen) atoms. The van der Waals surface area contributed by atoms with E-state index in [1.165, 1.54) is 0 Å². The van der Waals surface area contributed by atoms with Gasteiger partial charge in [0.05, 0.1) is 13.7 Å². The lowest BCUT2D eigenvalue weighted by atomic mass is 10.1. The molecule has 1 unspecified atom stereocenters. The fourth-order valence-electron chi connectivity index (χ4n) is 3.45. The van der Waals surface area contributed by atoms with Crippen LogP contribution in [0, 0.1) is 12.8 Å². The van der Waals surface area contributed by atoms with Gasteiger partial charge in [-0.1, -0.05) is 0 Å². The molecule has 1 aliphatic heterocycles. The van der Waals surface area contributed by atoms with Crippen LogP contribution in [0.25, 0.3) is 11.0 Å². The number of ether oxygens (including phenoxy) is 2. The smallest absolute Gasteiger partial charge is 0.290 e. The van der Waals surface area contributed by atoms with E-state index in [0.29, 0.717) is 17.7 Å². The summed E-state index contributed by atoms with van der Waals surface area (Å²) in [6, 6.07) is 6.01. The van der Waals surface area contributed by atoms with Crippen LogP contribution in [-0.2, 0) is 4.74 Å². The van der Waals surface area contributed by atoms with E-state index in [2.05, 4.69) is 0 Å². The van der Waals surface area contributed by atoms with Gasteiger partial charge in [-0.05, 0) is 44.4 Å². The van der Waals surface area contributed by atoms with E-state index in [1.807, 2.05) is 30.0 Å². The van der Waals surface area contributed by atoms with Crippen LogP contribution in [-0.4, -0.2) is 43.7 Å². The van der Waals surface area contributed by atoms with Crippen LogP contribution in [0.4, 0.5) is 0 Å². The molecule has 2 heterocycles. The van der Waals surface area contributed by atoms with Gasteiger partial charge in [0.15, 0.2) is 5.76 Å². The normalized spacial score (nSPS) is 20.5. The van der Waals surface area contributed by atoms with Crippen molar-refractivity contribution in [2.75, 3.05) is 26.9 Å². The molecule has 0 N–H and O–H groups in total. The van der Waals surface area contributed by atoms with Crippen molar-refractivity contribution in [2.24, 2.45) is 5.92 Å². The van der Waals surface area contributed by atoms with Gasteiger partial charge in [0.2, 0.25) is 0 Å². The van der Waals surface area contributed by atoms with Crippen molar-refractivity contribution >= 4 is 16.9 Å². The Morgan fingerprint density at radius 2 is 2.17 bits per heavy atom. The number of rotatable bonds is 5. The number of aryl methyl sites for hydroxylation is 1. The van der Waals surface area contributed by atoms with Crippen molar-refractivity contribution in [1.29, 1.82) is 0 Å². The second-order valence-electron chi connectivity index (χ2n) is 6.84. The van der Waals surface area contributed by atoms with Gasteiger partial charge in [-0.2, -0.15) is 0 Å².